The Morgan fingerprint density at radius 3 is 2.58 bits per heavy atom. The molecule has 0 fully saturated rings. The van der Waals surface area contributed by atoms with Crippen LogP contribution in [0, 0.1) is 0 Å². The monoisotopic (exact) mass is 370 g/mol. The average molecular weight is 370 g/mol. The molecule has 2 aliphatic heterocycles. The number of rotatable bonds is 1. The minimum atomic E-state index is -3.90. The number of anilines is 1. The van der Waals surface area contributed by atoms with Crippen LogP contribution in [0.15, 0.2) is 59.1 Å². The van der Waals surface area contributed by atoms with E-state index >= 15 is 0 Å². The molecule has 26 heavy (non-hydrogen) atoms. The lowest BCUT2D eigenvalue weighted by atomic mass is 10.0. The molecule has 6 nitrogen and oxygen atoms in total. The number of hydrogen-bond donors (Lipinski definition) is 1. The molecule has 0 atom stereocenters. The van der Waals surface area contributed by atoms with E-state index in [0.717, 1.165) is 28.4 Å². The summed E-state index contributed by atoms with van der Waals surface area (Å²) in [5, 5.41) is 10.7. The lowest BCUT2D eigenvalue weighted by Gasteiger charge is -2.34. The zero-order valence-corrected chi connectivity index (χ0v) is 15.0. The first-order valence-electron chi connectivity index (χ1n) is 8.34. The van der Waals surface area contributed by atoms with Crippen molar-refractivity contribution in [3.8, 4) is 0 Å². The third-order valence-electron chi connectivity index (χ3n) is 4.88. The van der Waals surface area contributed by atoms with Crippen molar-refractivity contribution >= 4 is 27.4 Å². The van der Waals surface area contributed by atoms with Crippen LogP contribution >= 0.6 is 0 Å². The minimum Gasteiger partial charge on any atom is -0.505 e. The Balaban J connectivity index is 1.87. The highest BCUT2D eigenvalue weighted by Crippen LogP contribution is 2.37. The van der Waals surface area contributed by atoms with Gasteiger partial charge in [-0.1, -0.05) is 30.3 Å². The van der Waals surface area contributed by atoms with Gasteiger partial charge in [0.25, 0.3) is 15.9 Å². The van der Waals surface area contributed by atoms with Gasteiger partial charge >= 0.3 is 0 Å². The van der Waals surface area contributed by atoms with Gasteiger partial charge in [0.1, 0.15) is 0 Å². The first-order valence-corrected chi connectivity index (χ1v) is 9.78. The van der Waals surface area contributed by atoms with Crippen molar-refractivity contribution in [1.82, 2.24) is 4.31 Å². The molecule has 2 aromatic carbocycles. The van der Waals surface area contributed by atoms with Gasteiger partial charge in [-0.05, 0) is 36.6 Å². The smallest absolute Gasteiger partial charge is 0.279 e. The normalized spacial score (nSPS) is 18.3. The van der Waals surface area contributed by atoms with Crippen molar-refractivity contribution in [2.75, 3.05) is 18.5 Å². The lowest BCUT2D eigenvalue weighted by Crippen LogP contribution is -2.43. The van der Waals surface area contributed by atoms with Gasteiger partial charge in [-0.25, -0.2) is 8.42 Å². The Kier molecular flexibility index (Phi) is 3.77. The van der Waals surface area contributed by atoms with Crippen LogP contribution in [-0.4, -0.2) is 37.3 Å². The Morgan fingerprint density at radius 1 is 1.08 bits per heavy atom. The number of carbonyl (C=O) groups is 1. The quantitative estimate of drug-likeness (QED) is 0.837. The van der Waals surface area contributed by atoms with Crippen LogP contribution in [0.5, 0.6) is 0 Å². The van der Waals surface area contributed by atoms with Gasteiger partial charge in [0, 0.05) is 24.8 Å². The summed E-state index contributed by atoms with van der Waals surface area (Å²) in [6.07, 6.45) is 1.64. The number of aliphatic hydroxyl groups is 1. The molecule has 2 heterocycles. The fourth-order valence-corrected chi connectivity index (χ4v) is 4.93. The Bertz CT molecular complexity index is 1040. The fraction of sp³-hybridized carbons (Fsp3) is 0.211. The molecular weight excluding hydrogens is 352 g/mol. The van der Waals surface area contributed by atoms with Crippen LogP contribution in [0.4, 0.5) is 5.69 Å². The first kappa shape index (κ1) is 16.7. The second-order valence-corrected chi connectivity index (χ2v) is 8.29. The van der Waals surface area contributed by atoms with Gasteiger partial charge < -0.3 is 10.0 Å². The van der Waals surface area contributed by atoms with E-state index in [9.17, 15) is 18.3 Å². The largest absolute Gasteiger partial charge is 0.505 e. The highest BCUT2D eigenvalue weighted by molar-refractivity contribution is 7.89. The molecule has 0 saturated carbocycles. The number of amides is 1. The van der Waals surface area contributed by atoms with Crippen molar-refractivity contribution in [1.29, 1.82) is 0 Å². The van der Waals surface area contributed by atoms with Gasteiger partial charge in [0.15, 0.2) is 11.5 Å². The molecule has 4 rings (SSSR count). The number of para-hydroxylation sites is 1. The maximum atomic E-state index is 13.2. The molecule has 1 amide bonds. The van der Waals surface area contributed by atoms with E-state index in [4.69, 9.17) is 0 Å². The predicted molar refractivity (Wildman–Crippen MR) is 98.1 cm³/mol. The summed E-state index contributed by atoms with van der Waals surface area (Å²) in [4.78, 5) is 14.8. The lowest BCUT2D eigenvalue weighted by molar-refractivity contribution is -0.116. The summed E-state index contributed by atoms with van der Waals surface area (Å²) < 4.78 is 26.5. The number of carbonyl (C=O) groups excluding carboxylic acids is 1. The SMILES string of the molecule is CN1C(C(=O)N2CCCc3ccccc32)=C(O)c2ccccc2S1(=O)=O. The number of hydrogen-bond acceptors (Lipinski definition) is 4. The van der Waals surface area contributed by atoms with Gasteiger partial charge in [-0.15, -0.1) is 0 Å². The van der Waals surface area contributed by atoms with Crippen LogP contribution in [-0.2, 0) is 21.2 Å². The number of likely N-dealkylation sites (N-methyl/N-ethyl adjacent to an activating group) is 1. The third-order valence-corrected chi connectivity index (χ3v) is 6.69. The highest BCUT2D eigenvalue weighted by Gasteiger charge is 2.40. The maximum absolute atomic E-state index is 13.2. The summed E-state index contributed by atoms with van der Waals surface area (Å²) in [6, 6.07) is 13.7. The van der Waals surface area contributed by atoms with Gasteiger partial charge in [-0.3, -0.25) is 9.10 Å². The van der Waals surface area contributed by atoms with Crippen molar-refractivity contribution < 1.29 is 18.3 Å². The van der Waals surface area contributed by atoms with Crippen molar-refractivity contribution in [3.05, 3.63) is 65.4 Å². The zero-order valence-electron chi connectivity index (χ0n) is 14.2. The van der Waals surface area contributed by atoms with E-state index in [1.54, 1.807) is 17.0 Å². The summed E-state index contributed by atoms with van der Waals surface area (Å²) in [7, 11) is -2.60. The maximum Gasteiger partial charge on any atom is 0.279 e. The number of sulfonamides is 1. The molecular formula is C19H18N2O4S. The number of aryl methyl sites for hydroxylation is 1. The molecule has 0 aliphatic carbocycles. The first-order chi connectivity index (χ1) is 12.4. The highest BCUT2D eigenvalue weighted by atomic mass is 32.2. The van der Waals surface area contributed by atoms with Crippen molar-refractivity contribution in [3.63, 3.8) is 0 Å². The van der Waals surface area contributed by atoms with Crippen LogP contribution < -0.4 is 4.90 Å². The number of nitrogens with zero attached hydrogens (tertiary/aromatic N) is 2. The van der Waals surface area contributed by atoms with Crippen molar-refractivity contribution in [2.24, 2.45) is 0 Å². The molecule has 2 aliphatic rings. The molecule has 0 saturated heterocycles. The molecule has 0 spiro atoms. The molecule has 1 N–H and O–H groups in total. The third kappa shape index (κ3) is 2.31. The van der Waals surface area contributed by atoms with E-state index in [0.29, 0.717) is 6.54 Å². The van der Waals surface area contributed by atoms with Crippen LogP contribution in [0.3, 0.4) is 0 Å². The van der Waals surface area contributed by atoms with E-state index in [-0.39, 0.29) is 21.9 Å². The van der Waals surface area contributed by atoms with Crippen molar-refractivity contribution in [2.45, 2.75) is 17.7 Å². The fourth-order valence-electron chi connectivity index (χ4n) is 3.54. The predicted octanol–water partition coefficient (Wildman–Crippen LogP) is 2.53. The minimum absolute atomic E-state index is 0.00408. The molecule has 0 radical (unpaired) electrons. The molecule has 0 bridgehead atoms. The average Bonchev–Trinajstić information content (AvgIpc) is 2.66. The Hall–Kier alpha value is -2.80. The number of fused-ring (bicyclic) bond motifs is 2. The second-order valence-electron chi connectivity index (χ2n) is 6.35. The summed E-state index contributed by atoms with van der Waals surface area (Å²) >= 11 is 0. The Morgan fingerprint density at radius 2 is 1.77 bits per heavy atom. The van der Waals surface area contributed by atoms with E-state index < -0.39 is 15.9 Å². The Labute approximate surface area is 152 Å². The second kappa shape index (κ2) is 5.88. The number of benzene rings is 2. The van der Waals surface area contributed by atoms with Gasteiger partial charge in [-0.2, -0.15) is 0 Å². The van der Waals surface area contributed by atoms with Gasteiger partial charge in [0.05, 0.1) is 4.90 Å². The number of aliphatic hydroxyl groups excluding tert-OH is 1. The zero-order chi connectivity index (χ0) is 18.5. The molecule has 0 unspecified atom stereocenters. The topological polar surface area (TPSA) is 77.9 Å². The molecule has 134 valence electrons. The standard InChI is InChI=1S/C19H18N2O4S/c1-20-17(18(22)14-9-3-5-11-16(14)26(20,24)25)19(23)21-12-6-8-13-7-2-4-10-15(13)21/h2-5,7,9-11,22H,6,8,12H2,1H3. The summed E-state index contributed by atoms with van der Waals surface area (Å²) in [5.74, 6) is -0.832. The molecule has 0 aromatic heterocycles. The molecule has 7 heteroatoms. The molecule has 2 aromatic rings. The van der Waals surface area contributed by atoms with Crippen LogP contribution in [0.2, 0.25) is 0 Å². The van der Waals surface area contributed by atoms with E-state index in [2.05, 4.69) is 0 Å². The van der Waals surface area contributed by atoms with Crippen LogP contribution in [0.1, 0.15) is 17.5 Å². The van der Waals surface area contributed by atoms with Crippen LogP contribution in [0.25, 0.3) is 5.76 Å². The van der Waals surface area contributed by atoms with E-state index in [1.165, 1.54) is 19.2 Å². The summed E-state index contributed by atoms with van der Waals surface area (Å²) in [5.41, 5.74) is 1.72. The summed E-state index contributed by atoms with van der Waals surface area (Å²) in [6.45, 7) is 0.474. The van der Waals surface area contributed by atoms with Gasteiger partial charge in [0.2, 0.25) is 0 Å². The van der Waals surface area contributed by atoms with E-state index in [1.807, 2.05) is 24.3 Å².